The maximum atomic E-state index is 12.4. The second-order valence-electron chi connectivity index (χ2n) is 5.90. The number of carbonyl (C=O) groups excluding carboxylic acids is 1. The molecule has 1 aliphatic carbocycles. The van der Waals surface area contributed by atoms with E-state index in [2.05, 4.69) is 26.1 Å². The van der Waals surface area contributed by atoms with E-state index < -0.39 is 0 Å². The maximum Gasteiger partial charge on any atom is 0.231 e. The van der Waals surface area contributed by atoms with Crippen molar-refractivity contribution in [3.8, 4) is 0 Å². The van der Waals surface area contributed by atoms with Crippen LogP contribution < -0.4 is 11.1 Å². The molecule has 0 spiro atoms. The Morgan fingerprint density at radius 2 is 1.89 bits per heavy atom. The Morgan fingerprint density at radius 3 is 2.33 bits per heavy atom. The van der Waals surface area contributed by atoms with E-state index in [-0.39, 0.29) is 16.9 Å². The minimum absolute atomic E-state index is 0.138. The number of rotatable bonds is 4. The minimum Gasteiger partial charge on any atom is -0.399 e. The third-order valence-electron chi connectivity index (χ3n) is 3.98. The Balaban J connectivity index is 2.17. The molecule has 1 saturated carbocycles. The SMILES string of the molecule is CCC(C)(C)NC(=O)C1(c2ccc(N)cc2)CC1. The lowest BCUT2D eigenvalue weighted by Crippen LogP contribution is -2.47. The van der Waals surface area contributed by atoms with Crippen LogP contribution in [0.3, 0.4) is 0 Å². The third-order valence-corrected chi connectivity index (χ3v) is 3.98. The van der Waals surface area contributed by atoms with Crippen LogP contribution in [-0.4, -0.2) is 11.4 Å². The summed E-state index contributed by atoms with van der Waals surface area (Å²) in [6.07, 6.45) is 2.79. The van der Waals surface area contributed by atoms with E-state index in [9.17, 15) is 4.79 Å². The maximum absolute atomic E-state index is 12.4. The van der Waals surface area contributed by atoms with Crippen LogP contribution in [0.5, 0.6) is 0 Å². The number of carbonyl (C=O) groups is 1. The molecule has 1 aromatic carbocycles. The van der Waals surface area contributed by atoms with Crippen molar-refractivity contribution in [1.29, 1.82) is 0 Å². The van der Waals surface area contributed by atoms with E-state index in [0.29, 0.717) is 0 Å². The van der Waals surface area contributed by atoms with Crippen LogP contribution in [0.15, 0.2) is 24.3 Å². The van der Waals surface area contributed by atoms with E-state index in [1.54, 1.807) is 0 Å². The molecule has 3 heteroatoms. The molecule has 0 heterocycles. The first kappa shape index (κ1) is 12.9. The molecule has 3 nitrogen and oxygen atoms in total. The lowest BCUT2D eigenvalue weighted by molar-refractivity contribution is -0.125. The summed E-state index contributed by atoms with van der Waals surface area (Å²) in [5, 5.41) is 3.15. The molecule has 0 saturated heterocycles. The van der Waals surface area contributed by atoms with Crippen molar-refractivity contribution >= 4 is 11.6 Å². The van der Waals surface area contributed by atoms with Gasteiger partial charge in [-0.3, -0.25) is 4.79 Å². The number of hydrogen-bond donors (Lipinski definition) is 2. The Hall–Kier alpha value is -1.51. The van der Waals surface area contributed by atoms with E-state index in [1.807, 2.05) is 24.3 Å². The van der Waals surface area contributed by atoms with Crippen molar-refractivity contribution in [3.63, 3.8) is 0 Å². The second kappa shape index (κ2) is 4.30. The summed E-state index contributed by atoms with van der Waals surface area (Å²) in [5.41, 5.74) is 7.07. The molecule has 0 bridgehead atoms. The highest BCUT2D eigenvalue weighted by atomic mass is 16.2. The number of amides is 1. The average molecular weight is 246 g/mol. The average Bonchev–Trinajstić information content (AvgIpc) is 3.11. The molecule has 3 N–H and O–H groups in total. The van der Waals surface area contributed by atoms with Gasteiger partial charge in [0.05, 0.1) is 5.41 Å². The number of anilines is 1. The number of nitrogen functional groups attached to an aromatic ring is 1. The molecule has 1 fully saturated rings. The zero-order valence-corrected chi connectivity index (χ0v) is 11.4. The predicted octanol–water partition coefficient (Wildman–Crippen LogP) is 2.61. The highest BCUT2D eigenvalue weighted by molar-refractivity contribution is 5.91. The van der Waals surface area contributed by atoms with Crippen LogP contribution in [0.2, 0.25) is 0 Å². The van der Waals surface area contributed by atoms with Gasteiger partial charge in [0.15, 0.2) is 0 Å². The van der Waals surface area contributed by atoms with Gasteiger partial charge in [0.2, 0.25) is 5.91 Å². The molecule has 98 valence electrons. The van der Waals surface area contributed by atoms with E-state index in [1.165, 1.54) is 0 Å². The lowest BCUT2D eigenvalue weighted by Gasteiger charge is -2.28. The minimum atomic E-state index is -0.305. The summed E-state index contributed by atoms with van der Waals surface area (Å²) < 4.78 is 0. The monoisotopic (exact) mass is 246 g/mol. The van der Waals surface area contributed by atoms with Gasteiger partial charge in [-0.2, -0.15) is 0 Å². The second-order valence-corrected chi connectivity index (χ2v) is 5.90. The fourth-order valence-corrected chi connectivity index (χ4v) is 2.09. The molecule has 0 unspecified atom stereocenters. The summed E-state index contributed by atoms with van der Waals surface area (Å²) in [6, 6.07) is 7.68. The Bertz CT molecular complexity index is 444. The molecule has 2 rings (SSSR count). The van der Waals surface area contributed by atoms with Gasteiger partial charge < -0.3 is 11.1 Å². The molecule has 0 aromatic heterocycles. The summed E-state index contributed by atoms with van der Waals surface area (Å²) in [6.45, 7) is 6.21. The molecular weight excluding hydrogens is 224 g/mol. The summed E-state index contributed by atoms with van der Waals surface area (Å²) in [5.74, 6) is 0.152. The van der Waals surface area contributed by atoms with Gasteiger partial charge in [-0.1, -0.05) is 19.1 Å². The van der Waals surface area contributed by atoms with Gasteiger partial charge in [-0.05, 0) is 50.8 Å². The van der Waals surface area contributed by atoms with Gasteiger partial charge in [0.25, 0.3) is 0 Å². The highest BCUT2D eigenvalue weighted by Gasteiger charge is 2.51. The van der Waals surface area contributed by atoms with Gasteiger partial charge >= 0.3 is 0 Å². The number of nitrogens with two attached hydrogens (primary N) is 1. The van der Waals surface area contributed by atoms with E-state index >= 15 is 0 Å². The third kappa shape index (κ3) is 2.35. The first-order valence-corrected chi connectivity index (χ1v) is 6.58. The quantitative estimate of drug-likeness (QED) is 0.802. The van der Waals surface area contributed by atoms with Crippen LogP contribution in [0.4, 0.5) is 5.69 Å². The van der Waals surface area contributed by atoms with Crippen LogP contribution in [0.25, 0.3) is 0 Å². The van der Waals surface area contributed by atoms with Gasteiger partial charge in [-0.15, -0.1) is 0 Å². The Kier molecular flexibility index (Phi) is 3.09. The first-order chi connectivity index (χ1) is 8.39. The van der Waals surface area contributed by atoms with Gasteiger partial charge in [-0.25, -0.2) is 0 Å². The lowest BCUT2D eigenvalue weighted by atomic mass is 9.92. The van der Waals surface area contributed by atoms with Gasteiger partial charge in [0, 0.05) is 11.2 Å². The number of hydrogen-bond acceptors (Lipinski definition) is 2. The van der Waals surface area contributed by atoms with Crippen molar-refractivity contribution in [1.82, 2.24) is 5.32 Å². The van der Waals surface area contributed by atoms with Crippen LogP contribution >= 0.6 is 0 Å². The molecule has 1 aromatic rings. The normalized spacial score (nSPS) is 17.3. The smallest absolute Gasteiger partial charge is 0.231 e. The van der Waals surface area contributed by atoms with Crippen molar-refractivity contribution in [2.75, 3.05) is 5.73 Å². The van der Waals surface area contributed by atoms with Crippen LogP contribution in [0, 0.1) is 0 Å². The molecule has 0 atom stereocenters. The van der Waals surface area contributed by atoms with Crippen molar-refractivity contribution in [3.05, 3.63) is 29.8 Å². The zero-order valence-electron chi connectivity index (χ0n) is 11.4. The van der Waals surface area contributed by atoms with Crippen molar-refractivity contribution < 1.29 is 4.79 Å². The molecule has 0 radical (unpaired) electrons. The Morgan fingerprint density at radius 1 is 1.33 bits per heavy atom. The largest absolute Gasteiger partial charge is 0.399 e. The fraction of sp³-hybridized carbons (Fsp3) is 0.533. The molecule has 0 aliphatic heterocycles. The topological polar surface area (TPSA) is 55.1 Å². The Labute approximate surface area is 109 Å². The molecule has 1 aliphatic rings. The first-order valence-electron chi connectivity index (χ1n) is 6.58. The van der Waals surface area contributed by atoms with Crippen molar-refractivity contribution in [2.45, 2.75) is 51.0 Å². The van der Waals surface area contributed by atoms with E-state index in [4.69, 9.17) is 5.73 Å². The highest BCUT2D eigenvalue weighted by Crippen LogP contribution is 2.48. The van der Waals surface area contributed by atoms with Gasteiger partial charge in [0.1, 0.15) is 0 Å². The van der Waals surface area contributed by atoms with Crippen molar-refractivity contribution in [2.24, 2.45) is 0 Å². The predicted molar refractivity (Wildman–Crippen MR) is 74.3 cm³/mol. The van der Waals surface area contributed by atoms with Crippen LogP contribution in [0.1, 0.15) is 45.6 Å². The zero-order chi connectivity index (χ0) is 13.4. The fourth-order valence-electron chi connectivity index (χ4n) is 2.09. The summed E-state index contributed by atoms with van der Waals surface area (Å²) in [7, 11) is 0. The summed E-state index contributed by atoms with van der Waals surface area (Å²) in [4.78, 5) is 12.4. The number of benzene rings is 1. The molecular formula is C15H22N2O. The standard InChI is InChI=1S/C15H22N2O/c1-4-14(2,3)17-13(18)15(9-10-15)11-5-7-12(16)8-6-11/h5-8H,4,9-10,16H2,1-3H3,(H,17,18). The van der Waals surface area contributed by atoms with E-state index in [0.717, 1.165) is 30.5 Å². The summed E-state index contributed by atoms with van der Waals surface area (Å²) >= 11 is 0. The molecule has 18 heavy (non-hydrogen) atoms. The molecule has 1 amide bonds. The number of nitrogens with one attached hydrogen (secondary N) is 1. The van der Waals surface area contributed by atoms with Crippen LogP contribution in [-0.2, 0) is 10.2 Å².